The molecule has 0 spiro atoms. The maximum atomic E-state index is 3.94. The van der Waals surface area contributed by atoms with Gasteiger partial charge in [0.15, 0.2) is 0 Å². The fourth-order valence-corrected chi connectivity index (χ4v) is 1.35. The molecule has 10 heavy (non-hydrogen) atoms. The van der Waals surface area contributed by atoms with E-state index in [0.717, 1.165) is 5.92 Å². The Morgan fingerprint density at radius 3 is 2.80 bits per heavy atom. The zero-order chi connectivity index (χ0) is 7.56. The molecule has 0 N–H and O–H groups in total. The van der Waals surface area contributed by atoms with Crippen LogP contribution >= 0.6 is 0 Å². The van der Waals surface area contributed by atoms with Gasteiger partial charge < -0.3 is 0 Å². The normalized spacial score (nSPS) is 25.8. The molecule has 0 amide bonds. The minimum atomic E-state index is 0.892. The Bertz CT molecular complexity index is 163. The molecule has 0 bridgehead atoms. The first-order chi connectivity index (χ1) is 4.70. The fourth-order valence-electron chi connectivity index (χ4n) is 1.35. The lowest BCUT2D eigenvalue weighted by Crippen LogP contribution is -2.01. The highest BCUT2D eigenvalue weighted by Gasteiger charge is 2.09. The van der Waals surface area contributed by atoms with Crippen molar-refractivity contribution in [3.63, 3.8) is 0 Å². The summed E-state index contributed by atoms with van der Waals surface area (Å²) in [6.45, 7) is 8.35. The maximum Gasteiger partial charge on any atom is -0.0277 e. The van der Waals surface area contributed by atoms with Crippen LogP contribution < -0.4 is 0 Å². The summed E-state index contributed by atoms with van der Waals surface area (Å²) < 4.78 is 0. The van der Waals surface area contributed by atoms with E-state index in [1.807, 2.05) is 0 Å². The lowest BCUT2D eigenvalue weighted by Gasteiger charge is -2.17. The van der Waals surface area contributed by atoms with Crippen molar-refractivity contribution in [1.29, 1.82) is 0 Å². The summed E-state index contributed by atoms with van der Waals surface area (Å²) in [7, 11) is 0. The van der Waals surface area contributed by atoms with Gasteiger partial charge in [0.25, 0.3) is 0 Å². The maximum absolute atomic E-state index is 3.94. The van der Waals surface area contributed by atoms with Crippen molar-refractivity contribution in [2.75, 3.05) is 0 Å². The molecule has 0 heteroatoms. The Morgan fingerprint density at radius 1 is 1.70 bits per heavy atom. The van der Waals surface area contributed by atoms with Crippen molar-refractivity contribution in [2.24, 2.45) is 5.92 Å². The quantitative estimate of drug-likeness (QED) is 0.518. The van der Waals surface area contributed by atoms with E-state index in [-0.39, 0.29) is 0 Å². The van der Waals surface area contributed by atoms with Crippen LogP contribution in [0, 0.1) is 5.92 Å². The van der Waals surface area contributed by atoms with Crippen LogP contribution in [-0.4, -0.2) is 0 Å². The predicted octanol–water partition coefficient (Wildman–Crippen LogP) is 3.31. The molecule has 0 aromatic carbocycles. The Kier molecular flexibility index (Phi) is 2.31. The molecule has 0 radical (unpaired) electrons. The Morgan fingerprint density at radius 2 is 2.40 bits per heavy atom. The standard InChI is InChI=1S/C10H16/c1-8(2)10-6-4-9(3)5-7-10/h6,9H,1,4-5,7H2,2-3H3/t9-/m1/s1. The first kappa shape index (κ1) is 7.59. The molecule has 0 unspecified atom stereocenters. The van der Waals surface area contributed by atoms with E-state index in [2.05, 4.69) is 26.5 Å². The summed E-state index contributed by atoms with van der Waals surface area (Å²) in [6.07, 6.45) is 6.19. The number of hydrogen-bond acceptors (Lipinski definition) is 0. The van der Waals surface area contributed by atoms with E-state index >= 15 is 0 Å². The van der Waals surface area contributed by atoms with Gasteiger partial charge in [0, 0.05) is 0 Å². The Labute approximate surface area is 63.6 Å². The molecule has 0 aromatic heterocycles. The second kappa shape index (κ2) is 3.05. The molecule has 1 rings (SSSR count). The fraction of sp³-hybridized carbons (Fsp3) is 0.600. The van der Waals surface area contributed by atoms with Crippen LogP contribution in [0.3, 0.4) is 0 Å². The average molecular weight is 136 g/mol. The molecular weight excluding hydrogens is 120 g/mol. The van der Waals surface area contributed by atoms with Gasteiger partial charge in [0.2, 0.25) is 0 Å². The van der Waals surface area contributed by atoms with Crippen LogP contribution in [0.4, 0.5) is 0 Å². The van der Waals surface area contributed by atoms with Crippen molar-refractivity contribution in [3.05, 3.63) is 23.8 Å². The van der Waals surface area contributed by atoms with Gasteiger partial charge in [-0.05, 0) is 37.7 Å². The largest absolute Gasteiger partial charge is 0.0958 e. The molecule has 0 saturated heterocycles. The summed E-state index contributed by atoms with van der Waals surface area (Å²) in [5.74, 6) is 0.892. The van der Waals surface area contributed by atoms with Crippen LogP contribution in [-0.2, 0) is 0 Å². The monoisotopic (exact) mass is 136 g/mol. The van der Waals surface area contributed by atoms with Gasteiger partial charge in [0.1, 0.15) is 0 Å². The SMILES string of the molecule is C=C(C)C1=CC[C@@H](C)CC1. The third kappa shape index (κ3) is 1.73. The lowest BCUT2D eigenvalue weighted by molar-refractivity contribution is 0.516. The summed E-state index contributed by atoms with van der Waals surface area (Å²) >= 11 is 0. The summed E-state index contributed by atoms with van der Waals surface area (Å²) in [6, 6.07) is 0. The molecule has 0 nitrogen and oxygen atoms in total. The predicted molar refractivity (Wildman–Crippen MR) is 45.9 cm³/mol. The van der Waals surface area contributed by atoms with Gasteiger partial charge in [-0.3, -0.25) is 0 Å². The van der Waals surface area contributed by atoms with E-state index in [1.165, 1.54) is 30.4 Å². The molecule has 0 aromatic rings. The summed E-state index contributed by atoms with van der Waals surface area (Å²) in [5.41, 5.74) is 2.74. The van der Waals surface area contributed by atoms with Gasteiger partial charge in [0.05, 0.1) is 0 Å². The van der Waals surface area contributed by atoms with Crippen LogP contribution in [0.1, 0.15) is 33.1 Å². The summed E-state index contributed by atoms with van der Waals surface area (Å²) in [4.78, 5) is 0. The zero-order valence-corrected chi connectivity index (χ0v) is 6.98. The van der Waals surface area contributed by atoms with E-state index in [0.29, 0.717) is 0 Å². The molecule has 56 valence electrons. The molecule has 0 aliphatic heterocycles. The van der Waals surface area contributed by atoms with Crippen LogP contribution in [0.2, 0.25) is 0 Å². The Balaban J connectivity index is 2.56. The van der Waals surface area contributed by atoms with Crippen molar-refractivity contribution >= 4 is 0 Å². The van der Waals surface area contributed by atoms with Gasteiger partial charge in [-0.1, -0.05) is 25.2 Å². The van der Waals surface area contributed by atoms with Gasteiger partial charge >= 0.3 is 0 Å². The van der Waals surface area contributed by atoms with Crippen LogP contribution in [0.5, 0.6) is 0 Å². The van der Waals surface area contributed by atoms with E-state index in [4.69, 9.17) is 0 Å². The van der Waals surface area contributed by atoms with E-state index in [9.17, 15) is 0 Å². The second-order valence-corrected chi connectivity index (χ2v) is 3.39. The highest BCUT2D eigenvalue weighted by Crippen LogP contribution is 2.26. The van der Waals surface area contributed by atoms with E-state index < -0.39 is 0 Å². The molecule has 1 aliphatic rings. The van der Waals surface area contributed by atoms with Gasteiger partial charge in [-0.25, -0.2) is 0 Å². The van der Waals surface area contributed by atoms with Gasteiger partial charge in [-0.15, -0.1) is 0 Å². The topological polar surface area (TPSA) is 0 Å². The molecule has 0 fully saturated rings. The smallest absolute Gasteiger partial charge is 0.0277 e. The van der Waals surface area contributed by atoms with Crippen LogP contribution in [0.25, 0.3) is 0 Å². The molecule has 1 aliphatic carbocycles. The highest BCUT2D eigenvalue weighted by molar-refractivity contribution is 5.27. The number of allylic oxidation sites excluding steroid dienone is 3. The summed E-state index contributed by atoms with van der Waals surface area (Å²) in [5, 5.41) is 0. The average Bonchev–Trinajstić information content (AvgIpc) is 1.88. The lowest BCUT2D eigenvalue weighted by atomic mass is 9.88. The third-order valence-corrected chi connectivity index (χ3v) is 2.22. The van der Waals surface area contributed by atoms with Crippen LogP contribution in [0.15, 0.2) is 23.8 Å². The molecule has 0 saturated carbocycles. The first-order valence-corrected chi connectivity index (χ1v) is 4.05. The van der Waals surface area contributed by atoms with Crippen molar-refractivity contribution in [1.82, 2.24) is 0 Å². The minimum absolute atomic E-state index is 0.892. The zero-order valence-electron chi connectivity index (χ0n) is 6.98. The Hall–Kier alpha value is -0.520. The molecule has 0 heterocycles. The van der Waals surface area contributed by atoms with Gasteiger partial charge in [-0.2, -0.15) is 0 Å². The highest BCUT2D eigenvalue weighted by atomic mass is 14.1. The number of hydrogen-bond donors (Lipinski definition) is 0. The second-order valence-electron chi connectivity index (χ2n) is 3.39. The molecule has 1 atom stereocenters. The third-order valence-electron chi connectivity index (χ3n) is 2.22. The molecular formula is C10H16. The number of rotatable bonds is 1. The minimum Gasteiger partial charge on any atom is -0.0958 e. The van der Waals surface area contributed by atoms with Crippen molar-refractivity contribution in [2.45, 2.75) is 33.1 Å². The van der Waals surface area contributed by atoms with E-state index in [1.54, 1.807) is 0 Å². The van der Waals surface area contributed by atoms with Crippen molar-refractivity contribution in [3.8, 4) is 0 Å². The first-order valence-electron chi connectivity index (χ1n) is 4.05. The van der Waals surface area contributed by atoms with Crippen molar-refractivity contribution < 1.29 is 0 Å².